The van der Waals surface area contributed by atoms with Crippen molar-refractivity contribution in [3.8, 4) is 17.2 Å². The van der Waals surface area contributed by atoms with Crippen LogP contribution in [-0.4, -0.2) is 24.7 Å². The molecule has 0 spiro atoms. The fourth-order valence-electron chi connectivity index (χ4n) is 8.81. The van der Waals surface area contributed by atoms with Crippen LogP contribution in [0.2, 0.25) is 0 Å². The minimum atomic E-state index is 0.689. The lowest BCUT2D eigenvalue weighted by Crippen LogP contribution is -2.07. The zero-order chi connectivity index (χ0) is 45.8. The highest BCUT2D eigenvalue weighted by Gasteiger charge is 2.16. The summed E-state index contributed by atoms with van der Waals surface area (Å²) in [7, 11) is 0. The van der Waals surface area contributed by atoms with Gasteiger partial charge in [-0.25, -0.2) is 0 Å². The van der Waals surface area contributed by atoms with Crippen molar-refractivity contribution in [1.82, 2.24) is 0 Å². The molecule has 2 aromatic rings. The Bertz CT molecular complexity index is 1310. The molecule has 0 aliphatic carbocycles. The quantitative estimate of drug-likeness (QED) is 0.0286. The van der Waals surface area contributed by atoms with Crippen LogP contribution < -0.4 is 14.2 Å². The maximum absolute atomic E-state index is 6.67. The van der Waals surface area contributed by atoms with E-state index in [1.54, 1.807) is 0 Å². The lowest BCUT2D eigenvalue weighted by molar-refractivity contribution is 0.234. The highest BCUT2D eigenvalue weighted by Crippen LogP contribution is 2.40. The van der Waals surface area contributed by atoms with E-state index in [2.05, 4.69) is 76.2 Å². The third-order valence-corrected chi connectivity index (χ3v) is 13.4. The molecule has 0 aromatic heterocycles. The third-order valence-electron chi connectivity index (χ3n) is 13.0. The molecule has 0 aliphatic heterocycles. The molecule has 0 bridgehead atoms. The molecule has 366 valence electrons. The first-order chi connectivity index (χ1) is 31.6. The molecular weight excluding hydrogens is 801 g/mol. The number of allylic oxidation sites excluding steroid dienone is 1. The lowest BCUT2D eigenvalue weighted by atomic mass is 10.0. The van der Waals surface area contributed by atoms with Gasteiger partial charge in [0.25, 0.3) is 0 Å². The number of thiocarbonyl (C=S) groups is 1. The summed E-state index contributed by atoms with van der Waals surface area (Å²) in [5.74, 6) is 2.40. The zero-order valence-corrected chi connectivity index (χ0v) is 43.6. The minimum absolute atomic E-state index is 0.689. The van der Waals surface area contributed by atoms with Crippen molar-refractivity contribution >= 4 is 23.2 Å². The van der Waals surface area contributed by atoms with Gasteiger partial charge in [-0.15, -0.1) is 0 Å². The number of hydrogen-bond donors (Lipinski definition) is 0. The van der Waals surface area contributed by atoms with Crippen LogP contribution in [0.15, 0.2) is 42.5 Å². The number of ether oxygens (including phenoxy) is 3. The van der Waals surface area contributed by atoms with Gasteiger partial charge in [-0.2, -0.15) is 0 Å². The van der Waals surface area contributed by atoms with Crippen LogP contribution in [0.5, 0.6) is 17.2 Å². The van der Waals surface area contributed by atoms with Crippen molar-refractivity contribution in [2.24, 2.45) is 0 Å². The highest BCUT2D eigenvalue weighted by molar-refractivity contribution is 7.81. The Balaban J connectivity index is 2.05. The number of unbranched alkanes of at least 4 members (excludes halogenated alkanes) is 33. The average Bonchev–Trinajstić information content (AvgIpc) is 3.31. The Morgan fingerprint density at radius 2 is 0.703 bits per heavy atom. The van der Waals surface area contributed by atoms with Gasteiger partial charge < -0.3 is 14.2 Å². The largest absolute Gasteiger partial charge is 0.490 e. The molecule has 0 fully saturated rings. The topological polar surface area (TPSA) is 27.7 Å². The van der Waals surface area contributed by atoms with E-state index < -0.39 is 0 Å². The average molecular weight is 904 g/mol. The third kappa shape index (κ3) is 31.6. The Morgan fingerprint density at radius 1 is 0.391 bits per heavy atom. The lowest BCUT2D eigenvalue weighted by Gasteiger charge is -2.18. The summed E-state index contributed by atoms with van der Waals surface area (Å²) in [5.41, 5.74) is 3.49. The summed E-state index contributed by atoms with van der Waals surface area (Å²) in [6.07, 6.45) is 54.5. The monoisotopic (exact) mass is 903 g/mol. The van der Waals surface area contributed by atoms with Crippen LogP contribution in [0.4, 0.5) is 0 Å². The summed E-state index contributed by atoms with van der Waals surface area (Å²) in [5, 5.41) is 0. The molecule has 2 aromatic carbocycles. The van der Waals surface area contributed by atoms with Gasteiger partial charge in [0.2, 0.25) is 5.75 Å². The maximum atomic E-state index is 6.67. The van der Waals surface area contributed by atoms with E-state index in [-0.39, 0.29) is 0 Å². The van der Waals surface area contributed by atoms with Gasteiger partial charge in [0, 0.05) is 4.86 Å². The van der Waals surface area contributed by atoms with Crippen LogP contribution in [0.3, 0.4) is 0 Å². The molecule has 0 atom stereocenters. The summed E-state index contributed by atoms with van der Waals surface area (Å²) >= 11 is 5.92. The van der Waals surface area contributed by atoms with Crippen LogP contribution in [0.1, 0.15) is 282 Å². The normalized spacial score (nSPS) is 11.5. The number of hydrogen-bond acceptors (Lipinski definition) is 4. The van der Waals surface area contributed by atoms with Gasteiger partial charge in [-0.05, 0) is 60.6 Å². The van der Waals surface area contributed by atoms with Crippen molar-refractivity contribution in [2.45, 2.75) is 272 Å². The van der Waals surface area contributed by atoms with E-state index in [1.165, 1.54) is 217 Å². The van der Waals surface area contributed by atoms with E-state index in [0.29, 0.717) is 19.8 Å². The van der Waals surface area contributed by atoms with Crippen molar-refractivity contribution in [1.29, 1.82) is 0 Å². The minimum Gasteiger partial charge on any atom is -0.490 e. The van der Waals surface area contributed by atoms with Gasteiger partial charge in [0.1, 0.15) is 0 Å². The van der Waals surface area contributed by atoms with Crippen LogP contribution in [-0.2, 0) is 6.42 Å². The van der Waals surface area contributed by atoms with E-state index in [1.807, 2.05) is 0 Å². The van der Waals surface area contributed by atoms with Crippen molar-refractivity contribution in [3.05, 3.63) is 59.2 Å². The molecule has 0 aliphatic rings. The number of benzene rings is 2. The van der Waals surface area contributed by atoms with Gasteiger partial charge in [-0.1, -0.05) is 289 Å². The molecule has 0 heterocycles. The highest BCUT2D eigenvalue weighted by atomic mass is 32.1. The number of aryl methyl sites for hydroxylation is 1. The molecule has 2 rings (SSSR count). The molecule has 0 saturated heterocycles. The van der Waals surface area contributed by atoms with E-state index in [0.717, 1.165) is 65.3 Å². The first-order valence-electron chi connectivity index (χ1n) is 28.0. The van der Waals surface area contributed by atoms with Gasteiger partial charge in [0.15, 0.2) is 11.5 Å². The van der Waals surface area contributed by atoms with E-state index in [4.69, 9.17) is 26.4 Å². The molecule has 64 heavy (non-hydrogen) atoms. The molecular formula is C60H102O3S. The molecule has 0 N–H and O–H groups in total. The molecule has 4 heteroatoms. The van der Waals surface area contributed by atoms with Gasteiger partial charge in [-0.3, -0.25) is 0 Å². The standard InChI is InChI=1S/C60H102O3S/c1-5-9-12-15-18-21-24-27-30-33-36-39-49-61-57-52-55(45-48-59(64)56-46-43-54(42-8-4)44-47-56)53-58(62-50-40-37-34-31-28-25-22-19-16-13-10-6-2)60(57)63-51-41-38-35-32-29-26-23-20-17-14-11-7-3/h43-48,52-53H,5-42,49-51H2,1-4H3. The van der Waals surface area contributed by atoms with Gasteiger partial charge in [0.05, 0.1) is 19.8 Å². The fourth-order valence-corrected chi connectivity index (χ4v) is 9.01. The summed E-state index contributed by atoms with van der Waals surface area (Å²) < 4.78 is 20.0. The summed E-state index contributed by atoms with van der Waals surface area (Å²) in [6.45, 7) is 11.2. The molecule has 3 nitrogen and oxygen atoms in total. The van der Waals surface area contributed by atoms with Crippen molar-refractivity contribution in [3.63, 3.8) is 0 Å². The molecule has 0 amide bonds. The predicted octanol–water partition coefficient (Wildman–Crippen LogP) is 20.3. The number of rotatable bonds is 47. The second-order valence-electron chi connectivity index (χ2n) is 19.2. The van der Waals surface area contributed by atoms with Gasteiger partial charge >= 0.3 is 0 Å². The smallest absolute Gasteiger partial charge is 0.203 e. The maximum Gasteiger partial charge on any atom is 0.203 e. The summed E-state index contributed by atoms with van der Waals surface area (Å²) in [6, 6.07) is 13.1. The second-order valence-corrected chi connectivity index (χ2v) is 19.6. The van der Waals surface area contributed by atoms with Crippen LogP contribution in [0, 0.1) is 0 Å². The second kappa shape index (κ2) is 43.3. The SMILES string of the molecule is CCCCCCCCCCCCCCOc1cc(C=CC(=S)c2ccc(CCC)cc2)cc(OCCCCCCCCCCCCCC)c1OCCCCCCCCCCCCCC. The Hall–Kier alpha value is -2.33. The van der Waals surface area contributed by atoms with E-state index in [9.17, 15) is 0 Å². The predicted molar refractivity (Wildman–Crippen MR) is 287 cm³/mol. The first-order valence-corrected chi connectivity index (χ1v) is 28.4. The van der Waals surface area contributed by atoms with Crippen LogP contribution >= 0.6 is 12.2 Å². The van der Waals surface area contributed by atoms with Crippen molar-refractivity contribution < 1.29 is 14.2 Å². The zero-order valence-electron chi connectivity index (χ0n) is 42.7. The van der Waals surface area contributed by atoms with Crippen LogP contribution in [0.25, 0.3) is 6.08 Å². The Labute approximate surface area is 403 Å². The Kier molecular flexibility index (Phi) is 39.1. The summed E-state index contributed by atoms with van der Waals surface area (Å²) in [4.78, 5) is 0.841. The molecule has 0 radical (unpaired) electrons. The Morgan fingerprint density at radius 3 is 1.03 bits per heavy atom. The van der Waals surface area contributed by atoms with Crippen molar-refractivity contribution in [2.75, 3.05) is 19.8 Å². The molecule has 0 saturated carbocycles. The first kappa shape index (κ1) is 57.8. The molecule has 0 unspecified atom stereocenters. The van der Waals surface area contributed by atoms with E-state index >= 15 is 0 Å². The fraction of sp³-hybridized carbons (Fsp3) is 0.750.